The molecule has 0 bridgehead atoms. The molecule has 1 aromatic rings. The van der Waals surface area contributed by atoms with Crippen LogP contribution in [-0.4, -0.2) is 72.8 Å². The molecule has 1 atom stereocenters. The fourth-order valence-electron chi connectivity index (χ4n) is 2.86. The first-order chi connectivity index (χ1) is 10.5. The lowest BCUT2D eigenvalue weighted by Crippen LogP contribution is -2.60. The minimum absolute atomic E-state index is 0.000360. The second kappa shape index (κ2) is 7.40. The zero-order chi connectivity index (χ0) is 16.1. The summed E-state index contributed by atoms with van der Waals surface area (Å²) in [5.74, 6) is -0.0254. The summed E-state index contributed by atoms with van der Waals surface area (Å²) in [4.78, 5) is 29.6. The molecule has 0 radical (unpaired) electrons. The molecule has 0 saturated carbocycles. The standard InChI is InChI=1S/C17H25N3O2/c1-14(21)20-12-11-19(13-16(20)17(22)18(2)3)10-9-15-7-5-4-6-8-15/h4-8,16H,9-13H2,1-3H3. The van der Waals surface area contributed by atoms with Gasteiger partial charge in [-0.1, -0.05) is 30.3 Å². The highest BCUT2D eigenvalue weighted by Crippen LogP contribution is 2.13. The van der Waals surface area contributed by atoms with Gasteiger partial charge in [0.2, 0.25) is 11.8 Å². The number of likely N-dealkylation sites (N-methyl/N-ethyl adjacent to an activating group) is 1. The van der Waals surface area contributed by atoms with Gasteiger partial charge in [-0.2, -0.15) is 0 Å². The Hall–Kier alpha value is -1.88. The van der Waals surface area contributed by atoms with Crippen molar-refractivity contribution in [3.8, 4) is 0 Å². The maximum Gasteiger partial charge on any atom is 0.246 e. The van der Waals surface area contributed by atoms with Crippen LogP contribution in [0.5, 0.6) is 0 Å². The van der Waals surface area contributed by atoms with Gasteiger partial charge in [0.15, 0.2) is 0 Å². The predicted molar refractivity (Wildman–Crippen MR) is 86.5 cm³/mol. The molecule has 1 aliphatic heterocycles. The Morgan fingerprint density at radius 1 is 1.18 bits per heavy atom. The van der Waals surface area contributed by atoms with Gasteiger partial charge >= 0.3 is 0 Å². The van der Waals surface area contributed by atoms with E-state index in [1.165, 1.54) is 12.5 Å². The summed E-state index contributed by atoms with van der Waals surface area (Å²) in [6, 6.07) is 9.98. The Kier molecular flexibility index (Phi) is 5.55. The third kappa shape index (κ3) is 4.07. The Morgan fingerprint density at radius 2 is 1.86 bits per heavy atom. The summed E-state index contributed by atoms with van der Waals surface area (Å²) in [5, 5.41) is 0. The van der Waals surface area contributed by atoms with Gasteiger partial charge in [0, 0.05) is 47.2 Å². The van der Waals surface area contributed by atoms with Crippen LogP contribution in [0.4, 0.5) is 0 Å². The minimum atomic E-state index is -0.364. The van der Waals surface area contributed by atoms with Crippen molar-refractivity contribution >= 4 is 11.8 Å². The zero-order valence-corrected chi connectivity index (χ0v) is 13.7. The Morgan fingerprint density at radius 3 is 2.45 bits per heavy atom. The Bertz CT molecular complexity index is 516. The molecule has 22 heavy (non-hydrogen) atoms. The molecule has 0 N–H and O–H groups in total. The summed E-state index contributed by atoms with van der Waals surface area (Å²) < 4.78 is 0. The van der Waals surface area contributed by atoms with Crippen LogP contribution < -0.4 is 0 Å². The van der Waals surface area contributed by atoms with E-state index in [-0.39, 0.29) is 17.9 Å². The topological polar surface area (TPSA) is 43.9 Å². The molecule has 2 amide bonds. The molecular formula is C17H25N3O2. The summed E-state index contributed by atoms with van der Waals surface area (Å²) >= 11 is 0. The number of amides is 2. The van der Waals surface area contributed by atoms with E-state index in [2.05, 4.69) is 17.0 Å². The normalized spacial score (nSPS) is 19.0. The predicted octanol–water partition coefficient (Wildman–Crippen LogP) is 0.850. The quantitative estimate of drug-likeness (QED) is 0.828. The lowest BCUT2D eigenvalue weighted by molar-refractivity contribution is -0.146. The highest BCUT2D eigenvalue weighted by Gasteiger charge is 2.34. The molecule has 0 aromatic heterocycles. The Labute approximate surface area is 132 Å². The summed E-state index contributed by atoms with van der Waals surface area (Å²) in [7, 11) is 3.48. The third-order valence-corrected chi connectivity index (χ3v) is 4.15. The number of hydrogen-bond acceptors (Lipinski definition) is 3. The van der Waals surface area contributed by atoms with Crippen LogP contribution in [-0.2, 0) is 16.0 Å². The molecule has 1 fully saturated rings. The fourth-order valence-corrected chi connectivity index (χ4v) is 2.86. The van der Waals surface area contributed by atoms with Crippen molar-refractivity contribution in [3.63, 3.8) is 0 Å². The highest BCUT2D eigenvalue weighted by atomic mass is 16.2. The maximum absolute atomic E-state index is 12.3. The molecule has 0 aliphatic carbocycles. The van der Waals surface area contributed by atoms with Crippen LogP contribution >= 0.6 is 0 Å². The monoisotopic (exact) mass is 303 g/mol. The van der Waals surface area contributed by atoms with Crippen molar-refractivity contribution in [3.05, 3.63) is 35.9 Å². The number of benzene rings is 1. The van der Waals surface area contributed by atoms with Crippen LogP contribution in [0.15, 0.2) is 30.3 Å². The largest absolute Gasteiger partial charge is 0.347 e. The van der Waals surface area contributed by atoms with E-state index in [0.717, 1.165) is 19.5 Å². The SMILES string of the molecule is CC(=O)N1CCN(CCc2ccccc2)CC1C(=O)N(C)C. The summed E-state index contributed by atoms with van der Waals surface area (Å²) in [6.07, 6.45) is 0.962. The van der Waals surface area contributed by atoms with Crippen LogP contribution in [0.3, 0.4) is 0 Å². The van der Waals surface area contributed by atoms with E-state index in [1.54, 1.807) is 23.9 Å². The van der Waals surface area contributed by atoms with E-state index >= 15 is 0 Å². The number of carbonyl (C=O) groups is 2. The second-order valence-corrected chi connectivity index (χ2v) is 6.00. The first-order valence-corrected chi connectivity index (χ1v) is 7.73. The average Bonchev–Trinajstić information content (AvgIpc) is 2.52. The number of piperazine rings is 1. The molecule has 1 aliphatic rings. The van der Waals surface area contributed by atoms with Gasteiger partial charge in [0.25, 0.3) is 0 Å². The smallest absolute Gasteiger partial charge is 0.246 e. The zero-order valence-electron chi connectivity index (χ0n) is 13.7. The molecule has 120 valence electrons. The van der Waals surface area contributed by atoms with Gasteiger partial charge in [-0.05, 0) is 12.0 Å². The van der Waals surface area contributed by atoms with Gasteiger partial charge in [0.05, 0.1) is 0 Å². The number of hydrogen-bond donors (Lipinski definition) is 0. The van der Waals surface area contributed by atoms with Crippen LogP contribution in [0.2, 0.25) is 0 Å². The molecule has 1 aromatic carbocycles. The van der Waals surface area contributed by atoms with Crippen LogP contribution in [0.25, 0.3) is 0 Å². The Balaban J connectivity index is 1.98. The summed E-state index contributed by atoms with van der Waals surface area (Å²) in [5.41, 5.74) is 1.30. The van der Waals surface area contributed by atoms with Crippen molar-refractivity contribution in [1.29, 1.82) is 0 Å². The molecule has 0 spiro atoms. The van der Waals surface area contributed by atoms with Gasteiger partial charge < -0.3 is 9.80 Å². The molecule has 5 heteroatoms. The molecule has 1 unspecified atom stereocenters. The van der Waals surface area contributed by atoms with Gasteiger partial charge in [-0.3, -0.25) is 14.5 Å². The van der Waals surface area contributed by atoms with Crippen molar-refractivity contribution in [1.82, 2.24) is 14.7 Å². The number of rotatable bonds is 4. The van der Waals surface area contributed by atoms with Crippen LogP contribution in [0.1, 0.15) is 12.5 Å². The lowest BCUT2D eigenvalue weighted by atomic mass is 10.1. The molecule has 5 nitrogen and oxygen atoms in total. The van der Waals surface area contributed by atoms with E-state index in [9.17, 15) is 9.59 Å². The van der Waals surface area contributed by atoms with Gasteiger partial charge in [-0.15, -0.1) is 0 Å². The van der Waals surface area contributed by atoms with Crippen molar-refractivity contribution in [2.75, 3.05) is 40.3 Å². The van der Waals surface area contributed by atoms with E-state index in [4.69, 9.17) is 0 Å². The third-order valence-electron chi connectivity index (χ3n) is 4.15. The number of carbonyl (C=O) groups excluding carboxylic acids is 2. The fraction of sp³-hybridized carbons (Fsp3) is 0.529. The van der Waals surface area contributed by atoms with E-state index < -0.39 is 0 Å². The second-order valence-electron chi connectivity index (χ2n) is 6.00. The van der Waals surface area contributed by atoms with Gasteiger partial charge in [0.1, 0.15) is 6.04 Å². The summed E-state index contributed by atoms with van der Waals surface area (Å²) in [6.45, 7) is 4.50. The van der Waals surface area contributed by atoms with Crippen molar-refractivity contribution < 1.29 is 9.59 Å². The van der Waals surface area contributed by atoms with E-state index in [0.29, 0.717) is 13.1 Å². The minimum Gasteiger partial charge on any atom is -0.347 e. The lowest BCUT2D eigenvalue weighted by Gasteiger charge is -2.41. The molecule has 1 heterocycles. The maximum atomic E-state index is 12.3. The van der Waals surface area contributed by atoms with Gasteiger partial charge in [-0.25, -0.2) is 0 Å². The molecule has 1 saturated heterocycles. The first kappa shape index (κ1) is 16.5. The van der Waals surface area contributed by atoms with E-state index in [1.807, 2.05) is 18.2 Å². The van der Waals surface area contributed by atoms with Crippen molar-refractivity contribution in [2.24, 2.45) is 0 Å². The molecule has 2 rings (SSSR count). The first-order valence-electron chi connectivity index (χ1n) is 7.73. The average molecular weight is 303 g/mol. The van der Waals surface area contributed by atoms with Crippen LogP contribution in [0, 0.1) is 0 Å². The highest BCUT2D eigenvalue weighted by molar-refractivity contribution is 5.87. The molecular weight excluding hydrogens is 278 g/mol. The van der Waals surface area contributed by atoms with Crippen molar-refractivity contribution in [2.45, 2.75) is 19.4 Å². The number of nitrogens with zero attached hydrogens (tertiary/aromatic N) is 3.